The molecule has 37 heavy (non-hydrogen) atoms. The standard InChI is InChI=1S/C30H34O6S/c1-22(31)37-29-26(21-33-18-23-12-6-3-7-13-23)36-30(32-2)28(35-20-25-16-10-5-11-17-25)27(29)34-19-24-14-8-4-9-15-24/h3-17,26-30H,18-21H2,1-2H3/t26-,27-,28-,29+,30+/m1/s1. The lowest BCUT2D eigenvalue weighted by Gasteiger charge is -2.45. The predicted octanol–water partition coefficient (Wildman–Crippen LogP) is 5.39. The minimum Gasteiger partial charge on any atom is -0.374 e. The smallest absolute Gasteiger partial charge is 0.186 e. The van der Waals surface area contributed by atoms with Gasteiger partial charge in [0.2, 0.25) is 0 Å². The Morgan fingerprint density at radius 3 is 1.73 bits per heavy atom. The Morgan fingerprint density at radius 2 is 1.24 bits per heavy atom. The SMILES string of the molecule is CO[C@H]1O[C@H](COCc2ccccc2)[C@H](SC(C)=O)[C@H](OCc2ccccc2)[C@H]1OCc1ccccc1. The van der Waals surface area contributed by atoms with Crippen molar-refractivity contribution in [2.75, 3.05) is 13.7 Å². The number of methoxy groups -OCH3 is 1. The zero-order chi connectivity index (χ0) is 25.9. The van der Waals surface area contributed by atoms with Crippen molar-refractivity contribution in [3.63, 3.8) is 0 Å². The zero-order valence-corrected chi connectivity index (χ0v) is 22.0. The van der Waals surface area contributed by atoms with E-state index in [-0.39, 0.29) is 17.0 Å². The Labute approximate surface area is 223 Å². The Morgan fingerprint density at radius 1 is 0.757 bits per heavy atom. The molecule has 0 amide bonds. The van der Waals surface area contributed by atoms with Crippen molar-refractivity contribution in [2.45, 2.75) is 56.6 Å². The van der Waals surface area contributed by atoms with Crippen LogP contribution in [0.5, 0.6) is 0 Å². The zero-order valence-electron chi connectivity index (χ0n) is 21.2. The molecule has 0 spiro atoms. The van der Waals surface area contributed by atoms with Crippen LogP contribution >= 0.6 is 11.8 Å². The van der Waals surface area contributed by atoms with Crippen molar-refractivity contribution in [3.8, 4) is 0 Å². The van der Waals surface area contributed by atoms with Crippen molar-refractivity contribution in [1.82, 2.24) is 0 Å². The molecule has 7 heteroatoms. The summed E-state index contributed by atoms with van der Waals surface area (Å²) in [4.78, 5) is 12.3. The maximum Gasteiger partial charge on any atom is 0.186 e. The summed E-state index contributed by atoms with van der Waals surface area (Å²) in [5, 5.41) is -0.364. The van der Waals surface area contributed by atoms with Crippen LogP contribution in [0.1, 0.15) is 23.6 Å². The number of carbonyl (C=O) groups excluding carboxylic acids is 1. The quantitative estimate of drug-likeness (QED) is 0.316. The lowest BCUT2D eigenvalue weighted by Crippen LogP contribution is -2.60. The van der Waals surface area contributed by atoms with E-state index in [0.29, 0.717) is 19.8 Å². The molecule has 1 saturated heterocycles. The molecule has 3 aromatic rings. The molecule has 4 rings (SSSR count). The number of thioether (sulfide) groups is 1. The van der Waals surface area contributed by atoms with Gasteiger partial charge in [-0.2, -0.15) is 0 Å². The van der Waals surface area contributed by atoms with Gasteiger partial charge in [0.15, 0.2) is 11.4 Å². The van der Waals surface area contributed by atoms with Crippen LogP contribution in [0.3, 0.4) is 0 Å². The molecule has 0 aromatic heterocycles. The molecule has 0 bridgehead atoms. The van der Waals surface area contributed by atoms with Crippen LogP contribution in [-0.4, -0.2) is 48.7 Å². The number of hydrogen-bond acceptors (Lipinski definition) is 7. The number of rotatable bonds is 12. The lowest BCUT2D eigenvalue weighted by molar-refractivity contribution is -0.283. The van der Waals surface area contributed by atoms with Crippen molar-refractivity contribution in [1.29, 1.82) is 0 Å². The Balaban J connectivity index is 1.54. The molecule has 0 N–H and O–H groups in total. The van der Waals surface area contributed by atoms with E-state index in [1.54, 1.807) is 14.0 Å². The summed E-state index contributed by atoms with van der Waals surface area (Å²) in [6, 6.07) is 29.8. The van der Waals surface area contributed by atoms with Crippen LogP contribution < -0.4 is 0 Å². The molecule has 5 atom stereocenters. The van der Waals surface area contributed by atoms with Gasteiger partial charge in [0.1, 0.15) is 12.2 Å². The van der Waals surface area contributed by atoms with E-state index in [1.165, 1.54) is 11.8 Å². The van der Waals surface area contributed by atoms with Crippen molar-refractivity contribution in [2.24, 2.45) is 0 Å². The van der Waals surface area contributed by atoms with Crippen LogP contribution in [0.25, 0.3) is 0 Å². The lowest BCUT2D eigenvalue weighted by atomic mass is 10.0. The molecular formula is C30H34O6S. The molecule has 0 radical (unpaired) electrons. The summed E-state index contributed by atoms with van der Waals surface area (Å²) in [6.07, 6.45) is -2.13. The van der Waals surface area contributed by atoms with Gasteiger partial charge in [-0.25, -0.2) is 0 Å². The molecule has 6 nitrogen and oxygen atoms in total. The van der Waals surface area contributed by atoms with E-state index in [9.17, 15) is 4.79 Å². The first kappa shape index (κ1) is 27.5. The molecule has 0 aliphatic carbocycles. The first-order chi connectivity index (χ1) is 18.1. The third-order valence-electron chi connectivity index (χ3n) is 6.09. The van der Waals surface area contributed by atoms with Gasteiger partial charge >= 0.3 is 0 Å². The summed E-state index contributed by atoms with van der Waals surface area (Å²) in [5.74, 6) is 0. The molecule has 1 fully saturated rings. The second-order valence-electron chi connectivity index (χ2n) is 8.88. The summed E-state index contributed by atoms with van der Waals surface area (Å²) in [6.45, 7) is 3.03. The van der Waals surface area contributed by atoms with Crippen molar-refractivity contribution in [3.05, 3.63) is 108 Å². The predicted molar refractivity (Wildman–Crippen MR) is 144 cm³/mol. The van der Waals surface area contributed by atoms with Gasteiger partial charge in [-0.15, -0.1) is 0 Å². The van der Waals surface area contributed by atoms with E-state index >= 15 is 0 Å². The van der Waals surface area contributed by atoms with Gasteiger partial charge in [0.05, 0.1) is 37.8 Å². The van der Waals surface area contributed by atoms with Crippen LogP contribution in [0.15, 0.2) is 91.0 Å². The fourth-order valence-corrected chi connectivity index (χ4v) is 5.35. The number of carbonyl (C=O) groups is 1. The minimum atomic E-state index is -0.682. The van der Waals surface area contributed by atoms with Gasteiger partial charge < -0.3 is 23.7 Å². The summed E-state index contributed by atoms with van der Waals surface area (Å²) >= 11 is 1.21. The number of benzene rings is 3. The first-order valence-electron chi connectivity index (χ1n) is 12.4. The van der Waals surface area contributed by atoms with E-state index in [2.05, 4.69) is 0 Å². The molecule has 1 aliphatic rings. The van der Waals surface area contributed by atoms with Crippen molar-refractivity contribution >= 4 is 16.9 Å². The largest absolute Gasteiger partial charge is 0.374 e. The molecule has 0 unspecified atom stereocenters. The average Bonchev–Trinajstić information content (AvgIpc) is 2.93. The van der Waals surface area contributed by atoms with E-state index < -0.39 is 24.6 Å². The summed E-state index contributed by atoms with van der Waals surface area (Å²) in [7, 11) is 1.60. The maximum absolute atomic E-state index is 12.3. The van der Waals surface area contributed by atoms with Crippen LogP contribution in [-0.2, 0) is 48.3 Å². The first-order valence-corrected chi connectivity index (χ1v) is 13.3. The number of ether oxygens (including phenoxy) is 5. The summed E-state index contributed by atoms with van der Waals surface area (Å²) in [5.41, 5.74) is 3.13. The summed E-state index contributed by atoms with van der Waals surface area (Å²) < 4.78 is 31.0. The molecule has 0 saturated carbocycles. The monoisotopic (exact) mass is 522 g/mol. The molecular weight excluding hydrogens is 488 g/mol. The minimum absolute atomic E-state index is 0.0207. The van der Waals surface area contributed by atoms with Gasteiger partial charge in [0, 0.05) is 14.0 Å². The normalized spacial score (nSPS) is 23.6. The van der Waals surface area contributed by atoms with Crippen molar-refractivity contribution < 1.29 is 28.5 Å². The molecule has 196 valence electrons. The third-order valence-corrected chi connectivity index (χ3v) is 7.27. The second kappa shape index (κ2) is 14.4. The Hall–Kier alpha value is -2.52. The second-order valence-corrected chi connectivity index (χ2v) is 10.2. The molecule has 3 aromatic carbocycles. The van der Waals surface area contributed by atoms with Gasteiger partial charge in [-0.3, -0.25) is 4.79 Å². The molecule has 1 aliphatic heterocycles. The van der Waals surface area contributed by atoms with Crippen LogP contribution in [0.2, 0.25) is 0 Å². The fourth-order valence-electron chi connectivity index (χ4n) is 4.30. The van der Waals surface area contributed by atoms with Gasteiger partial charge in [0.25, 0.3) is 0 Å². The van der Waals surface area contributed by atoms with Crippen LogP contribution in [0, 0.1) is 0 Å². The number of hydrogen-bond donors (Lipinski definition) is 0. The Kier molecular flexibility index (Phi) is 10.7. The topological polar surface area (TPSA) is 63.2 Å². The maximum atomic E-state index is 12.3. The molecule has 1 heterocycles. The highest BCUT2D eigenvalue weighted by atomic mass is 32.2. The third kappa shape index (κ3) is 8.23. The Bertz CT molecular complexity index is 1070. The van der Waals surface area contributed by atoms with E-state index in [4.69, 9.17) is 23.7 Å². The highest BCUT2D eigenvalue weighted by Gasteiger charge is 2.48. The highest BCUT2D eigenvalue weighted by Crippen LogP contribution is 2.35. The van der Waals surface area contributed by atoms with Crippen LogP contribution in [0.4, 0.5) is 0 Å². The average molecular weight is 523 g/mol. The fraction of sp³-hybridized carbons (Fsp3) is 0.367. The van der Waals surface area contributed by atoms with Gasteiger partial charge in [-0.05, 0) is 16.7 Å². The van der Waals surface area contributed by atoms with E-state index in [0.717, 1.165) is 16.7 Å². The van der Waals surface area contributed by atoms with E-state index in [1.807, 2.05) is 91.0 Å². The highest BCUT2D eigenvalue weighted by molar-refractivity contribution is 8.14. The van der Waals surface area contributed by atoms with Gasteiger partial charge in [-0.1, -0.05) is 103 Å².